The van der Waals surface area contributed by atoms with Gasteiger partial charge in [-0.05, 0) is 55.3 Å². The average Bonchev–Trinajstić information content (AvgIpc) is 3.39. The molecule has 12 heteroatoms. The van der Waals surface area contributed by atoms with Crippen molar-refractivity contribution < 1.29 is 9.59 Å². The van der Waals surface area contributed by atoms with Crippen LogP contribution in [0, 0.1) is 6.92 Å². The lowest BCUT2D eigenvalue weighted by molar-refractivity contribution is -0.134. The highest BCUT2D eigenvalue weighted by atomic mass is 35.5. The molecule has 1 fully saturated rings. The molecule has 220 valence electrons. The summed E-state index contributed by atoms with van der Waals surface area (Å²) in [5.41, 5.74) is 4.79. The third-order valence-electron chi connectivity index (χ3n) is 8.05. The lowest BCUT2D eigenvalue weighted by Gasteiger charge is -2.38. The average molecular weight is 599 g/mol. The van der Waals surface area contributed by atoms with Crippen molar-refractivity contribution in [2.75, 3.05) is 25.5 Å². The Balaban J connectivity index is 1.44. The van der Waals surface area contributed by atoms with E-state index < -0.39 is 0 Å². The quantitative estimate of drug-likeness (QED) is 0.280. The molecule has 1 saturated heterocycles. The van der Waals surface area contributed by atoms with Crippen molar-refractivity contribution in [3.63, 3.8) is 0 Å². The molecule has 11 nitrogen and oxygen atoms in total. The van der Waals surface area contributed by atoms with E-state index in [4.69, 9.17) is 16.7 Å². The molecule has 2 N–H and O–H groups in total. The number of rotatable bonds is 6. The normalized spacial score (nSPS) is 14.1. The summed E-state index contributed by atoms with van der Waals surface area (Å²) in [5.74, 6) is -0.253. The minimum atomic E-state index is -0.279. The predicted octanol–water partition coefficient (Wildman–Crippen LogP) is 4.24. The third kappa shape index (κ3) is 4.89. The van der Waals surface area contributed by atoms with E-state index in [2.05, 4.69) is 26.7 Å². The molecule has 4 aromatic heterocycles. The predicted molar refractivity (Wildman–Crippen MR) is 166 cm³/mol. The number of aryl methyl sites for hydroxylation is 2. The molecule has 5 heterocycles. The van der Waals surface area contributed by atoms with Crippen LogP contribution in [0.5, 0.6) is 0 Å². The molecule has 43 heavy (non-hydrogen) atoms. The van der Waals surface area contributed by atoms with Crippen LogP contribution < -0.4 is 16.2 Å². The molecule has 5 aromatic rings. The molecule has 0 saturated carbocycles. The third-order valence-corrected chi connectivity index (χ3v) is 8.26. The summed E-state index contributed by atoms with van der Waals surface area (Å²) in [4.78, 5) is 48.1. The van der Waals surface area contributed by atoms with Crippen molar-refractivity contribution in [1.82, 2.24) is 34.5 Å². The van der Waals surface area contributed by atoms with Gasteiger partial charge in [0, 0.05) is 68.1 Å². The fourth-order valence-electron chi connectivity index (χ4n) is 5.78. The molecule has 1 aliphatic rings. The molecule has 1 unspecified atom stereocenters. The van der Waals surface area contributed by atoms with Gasteiger partial charge in [0.25, 0.3) is 11.5 Å². The molecule has 0 spiro atoms. The Morgan fingerprint density at radius 1 is 1.09 bits per heavy atom. The van der Waals surface area contributed by atoms with Gasteiger partial charge in [-0.15, -0.1) is 0 Å². The van der Waals surface area contributed by atoms with Crippen LogP contribution in [0.25, 0.3) is 33.1 Å². The maximum Gasteiger partial charge on any atom is 0.269 e. The smallest absolute Gasteiger partial charge is 0.269 e. The van der Waals surface area contributed by atoms with Crippen molar-refractivity contribution >= 4 is 50.9 Å². The van der Waals surface area contributed by atoms with Crippen molar-refractivity contribution in [2.24, 2.45) is 7.05 Å². The molecule has 0 bridgehead atoms. The Labute approximate surface area is 252 Å². The number of hydrogen-bond donors (Lipinski definition) is 2. The summed E-state index contributed by atoms with van der Waals surface area (Å²) >= 11 is 6.30. The fourth-order valence-corrected chi connectivity index (χ4v) is 5.93. The highest BCUT2D eigenvalue weighted by Crippen LogP contribution is 2.36. The molecule has 1 aromatic carbocycles. The molecule has 6 rings (SSSR count). The maximum atomic E-state index is 13.7. The van der Waals surface area contributed by atoms with Crippen LogP contribution >= 0.6 is 11.6 Å². The zero-order chi connectivity index (χ0) is 30.6. The van der Waals surface area contributed by atoms with Gasteiger partial charge >= 0.3 is 0 Å². The van der Waals surface area contributed by atoms with Crippen LogP contribution in [0.1, 0.15) is 47.5 Å². The Bertz CT molecular complexity index is 1980. The molecule has 1 atom stereocenters. The number of aromatic nitrogens is 5. The second kappa shape index (κ2) is 10.8. The van der Waals surface area contributed by atoms with Gasteiger partial charge in [-0.2, -0.15) is 5.10 Å². The highest BCUT2D eigenvalue weighted by Gasteiger charge is 2.33. The first kappa shape index (κ1) is 28.4. The van der Waals surface area contributed by atoms with E-state index in [1.165, 1.54) is 0 Å². The van der Waals surface area contributed by atoms with Gasteiger partial charge in [0.05, 0.1) is 23.6 Å². The first-order chi connectivity index (χ1) is 20.6. The number of hydrogen-bond acceptors (Lipinski definition) is 7. The van der Waals surface area contributed by atoms with E-state index in [1.54, 1.807) is 54.9 Å². The van der Waals surface area contributed by atoms with Crippen molar-refractivity contribution in [1.29, 1.82) is 0 Å². The second-order valence-electron chi connectivity index (χ2n) is 11.0. The fraction of sp³-hybridized carbons (Fsp3) is 0.290. The van der Waals surface area contributed by atoms with Crippen LogP contribution in [0.4, 0.5) is 5.69 Å². The molecule has 0 radical (unpaired) electrons. The van der Waals surface area contributed by atoms with Gasteiger partial charge < -0.3 is 15.5 Å². The number of halogens is 1. The van der Waals surface area contributed by atoms with Gasteiger partial charge in [0.15, 0.2) is 0 Å². The lowest BCUT2D eigenvalue weighted by atomic mass is 9.95. The molecular weight excluding hydrogens is 568 g/mol. The number of likely N-dealkylation sites (tertiary alicyclic amines) is 1. The standard InChI is InChI=1S/C31H31ClN8O3/c1-16-10-21(17(2)36-24-8-9-26(32)37-28(24)19-6-7-25(34-12-19)29(42)33-4)27-22(11-16)31(43)38(5)30-23(27)13-35-40(30)20-14-39(15-20)18(3)41/h6-13,17,20,36H,14-15H2,1-5H3,(H,33,42). The molecular formula is C31H31ClN8O3. The number of pyridine rings is 3. The van der Waals surface area contributed by atoms with E-state index in [0.717, 1.165) is 33.2 Å². The number of carbonyl (C=O) groups excluding carboxylic acids is 2. The Morgan fingerprint density at radius 2 is 1.86 bits per heavy atom. The van der Waals surface area contributed by atoms with Crippen molar-refractivity contribution in [2.45, 2.75) is 32.9 Å². The molecule has 2 amide bonds. The number of fused-ring (bicyclic) bond motifs is 3. The monoisotopic (exact) mass is 598 g/mol. The van der Waals surface area contributed by atoms with Gasteiger partial charge in [-0.3, -0.25) is 23.9 Å². The van der Waals surface area contributed by atoms with Crippen LogP contribution in [0.3, 0.4) is 0 Å². The van der Waals surface area contributed by atoms with Crippen LogP contribution in [0.2, 0.25) is 5.15 Å². The first-order valence-corrected chi connectivity index (χ1v) is 14.3. The minimum absolute atomic E-state index is 0.00000386. The number of nitrogens with zero attached hydrogens (tertiary/aromatic N) is 6. The topological polar surface area (TPSA) is 127 Å². The molecule has 0 aliphatic carbocycles. The van der Waals surface area contributed by atoms with Crippen molar-refractivity contribution in [3.05, 3.63) is 81.1 Å². The summed E-state index contributed by atoms with van der Waals surface area (Å²) in [5, 5.41) is 13.5. The van der Waals surface area contributed by atoms with Gasteiger partial charge in [-0.25, -0.2) is 9.67 Å². The van der Waals surface area contributed by atoms with Gasteiger partial charge in [0.2, 0.25) is 5.91 Å². The Kier molecular flexibility index (Phi) is 7.13. The number of carbonyl (C=O) groups is 2. The summed E-state index contributed by atoms with van der Waals surface area (Å²) in [7, 11) is 3.32. The maximum absolute atomic E-state index is 13.7. The summed E-state index contributed by atoms with van der Waals surface area (Å²) in [6, 6.07) is 10.7. The summed E-state index contributed by atoms with van der Waals surface area (Å²) in [6.07, 6.45) is 3.41. The number of amides is 2. The lowest BCUT2D eigenvalue weighted by Crippen LogP contribution is -2.50. The number of benzene rings is 1. The highest BCUT2D eigenvalue weighted by molar-refractivity contribution is 6.29. The Hall–Kier alpha value is -4.77. The SMILES string of the molecule is CNC(=O)c1ccc(-c2nc(Cl)ccc2NC(C)c2cc(C)cc3c(=O)n(C)c4c(cnn4C4CN(C(C)=O)C4)c23)cn1. The Morgan fingerprint density at radius 3 is 2.53 bits per heavy atom. The summed E-state index contributed by atoms with van der Waals surface area (Å²) < 4.78 is 3.52. The van der Waals surface area contributed by atoms with Crippen LogP contribution in [-0.4, -0.2) is 61.2 Å². The zero-order valence-electron chi connectivity index (χ0n) is 24.5. The number of anilines is 1. The second-order valence-corrected chi connectivity index (χ2v) is 11.3. The van der Waals surface area contributed by atoms with E-state index in [-0.39, 0.29) is 29.5 Å². The van der Waals surface area contributed by atoms with E-state index in [1.807, 2.05) is 36.9 Å². The van der Waals surface area contributed by atoms with Crippen molar-refractivity contribution in [3.8, 4) is 11.3 Å². The van der Waals surface area contributed by atoms with Gasteiger partial charge in [-0.1, -0.05) is 17.7 Å². The van der Waals surface area contributed by atoms with E-state index in [9.17, 15) is 14.4 Å². The largest absolute Gasteiger partial charge is 0.377 e. The van der Waals surface area contributed by atoms with Crippen LogP contribution in [0.15, 0.2) is 53.6 Å². The van der Waals surface area contributed by atoms with Crippen LogP contribution in [-0.2, 0) is 11.8 Å². The zero-order valence-corrected chi connectivity index (χ0v) is 25.2. The minimum Gasteiger partial charge on any atom is -0.377 e. The number of nitrogens with one attached hydrogen (secondary N) is 2. The van der Waals surface area contributed by atoms with E-state index in [0.29, 0.717) is 40.6 Å². The summed E-state index contributed by atoms with van der Waals surface area (Å²) in [6.45, 7) is 6.68. The molecule has 1 aliphatic heterocycles. The van der Waals surface area contributed by atoms with Gasteiger partial charge in [0.1, 0.15) is 16.5 Å². The first-order valence-electron chi connectivity index (χ1n) is 13.9. The van der Waals surface area contributed by atoms with E-state index >= 15 is 0 Å².